The number of carbonyl (C=O) groups is 1. The molecule has 0 aliphatic carbocycles. The number of methoxy groups -OCH3 is 1. The first kappa shape index (κ1) is 16.7. The Hall–Kier alpha value is -1.62. The summed E-state index contributed by atoms with van der Waals surface area (Å²) in [6, 6.07) is 6.49. The standard InChI is InChI=1S/C17H27N3O2/c1-14-7-6-8-15(2)20(14)17(21)19(11-12-22-3)13-16-9-4-5-10-18-16/h4-5,9-10,14-15H,6-8,11-13H2,1-3H3/t14-,15+. The van der Waals surface area contributed by atoms with Crippen LogP contribution in [0.3, 0.4) is 0 Å². The maximum atomic E-state index is 13.0. The van der Waals surface area contributed by atoms with Crippen LogP contribution in [-0.4, -0.2) is 53.2 Å². The molecule has 22 heavy (non-hydrogen) atoms. The maximum absolute atomic E-state index is 13.0. The number of pyridine rings is 1. The van der Waals surface area contributed by atoms with E-state index in [9.17, 15) is 4.79 Å². The van der Waals surface area contributed by atoms with Crippen LogP contribution in [0.15, 0.2) is 24.4 Å². The summed E-state index contributed by atoms with van der Waals surface area (Å²) in [5.74, 6) is 0. The molecule has 5 heteroatoms. The van der Waals surface area contributed by atoms with Crippen LogP contribution in [0.5, 0.6) is 0 Å². The summed E-state index contributed by atoms with van der Waals surface area (Å²) in [5, 5.41) is 0. The molecule has 1 aromatic rings. The van der Waals surface area contributed by atoms with Crippen LogP contribution in [0.25, 0.3) is 0 Å². The predicted molar refractivity (Wildman–Crippen MR) is 86.5 cm³/mol. The number of hydrogen-bond acceptors (Lipinski definition) is 3. The lowest BCUT2D eigenvalue weighted by Gasteiger charge is -2.41. The highest BCUT2D eigenvalue weighted by molar-refractivity contribution is 5.75. The lowest BCUT2D eigenvalue weighted by molar-refractivity contribution is 0.0791. The van der Waals surface area contributed by atoms with Crippen LogP contribution < -0.4 is 0 Å². The fraction of sp³-hybridized carbons (Fsp3) is 0.647. The third-order valence-electron chi connectivity index (χ3n) is 4.33. The highest BCUT2D eigenvalue weighted by Gasteiger charge is 2.32. The van der Waals surface area contributed by atoms with Crippen molar-refractivity contribution in [3.05, 3.63) is 30.1 Å². The lowest BCUT2D eigenvalue weighted by Crippen LogP contribution is -2.53. The summed E-state index contributed by atoms with van der Waals surface area (Å²) < 4.78 is 5.17. The van der Waals surface area contributed by atoms with Crippen LogP contribution in [0.4, 0.5) is 4.79 Å². The Bertz CT molecular complexity index is 456. The fourth-order valence-corrected chi connectivity index (χ4v) is 3.09. The van der Waals surface area contributed by atoms with Crippen LogP contribution in [0.1, 0.15) is 38.8 Å². The molecule has 0 aromatic carbocycles. The van der Waals surface area contributed by atoms with Gasteiger partial charge in [0.2, 0.25) is 0 Å². The van der Waals surface area contributed by atoms with E-state index < -0.39 is 0 Å². The summed E-state index contributed by atoms with van der Waals surface area (Å²) in [6.07, 6.45) is 5.13. The molecule has 0 saturated carbocycles. The number of urea groups is 1. The smallest absolute Gasteiger partial charge is 0.320 e. The average molecular weight is 305 g/mol. The van der Waals surface area contributed by atoms with Gasteiger partial charge in [0.25, 0.3) is 0 Å². The van der Waals surface area contributed by atoms with E-state index in [-0.39, 0.29) is 6.03 Å². The van der Waals surface area contributed by atoms with Gasteiger partial charge in [-0.25, -0.2) is 4.79 Å². The van der Waals surface area contributed by atoms with Gasteiger partial charge < -0.3 is 14.5 Å². The zero-order valence-electron chi connectivity index (χ0n) is 13.9. The van der Waals surface area contributed by atoms with E-state index in [4.69, 9.17) is 4.74 Å². The second-order valence-corrected chi connectivity index (χ2v) is 6.05. The average Bonchev–Trinajstić information content (AvgIpc) is 2.52. The SMILES string of the molecule is COCCN(Cc1ccccn1)C(=O)N1[C@H](C)CCC[C@@H]1C. The van der Waals surface area contributed by atoms with Crippen molar-refractivity contribution in [1.29, 1.82) is 0 Å². The Labute approximate surface area is 133 Å². The number of aromatic nitrogens is 1. The van der Waals surface area contributed by atoms with E-state index >= 15 is 0 Å². The van der Waals surface area contributed by atoms with E-state index in [1.54, 1.807) is 13.3 Å². The molecule has 0 radical (unpaired) electrons. The second kappa shape index (κ2) is 8.13. The van der Waals surface area contributed by atoms with Crippen molar-refractivity contribution in [2.75, 3.05) is 20.3 Å². The Morgan fingerprint density at radius 2 is 2.09 bits per heavy atom. The Kier molecular flexibility index (Phi) is 6.19. The van der Waals surface area contributed by atoms with Crippen molar-refractivity contribution >= 4 is 6.03 Å². The number of carbonyl (C=O) groups excluding carboxylic acids is 1. The molecule has 2 amide bonds. The van der Waals surface area contributed by atoms with E-state index in [2.05, 4.69) is 18.8 Å². The molecular weight excluding hydrogens is 278 g/mol. The minimum absolute atomic E-state index is 0.0994. The highest BCUT2D eigenvalue weighted by atomic mass is 16.5. The first-order valence-electron chi connectivity index (χ1n) is 8.09. The Morgan fingerprint density at radius 3 is 2.68 bits per heavy atom. The van der Waals surface area contributed by atoms with Gasteiger partial charge in [-0.15, -0.1) is 0 Å². The molecule has 0 bridgehead atoms. The first-order chi connectivity index (χ1) is 10.6. The molecule has 0 N–H and O–H groups in total. The molecule has 122 valence electrons. The number of amides is 2. The molecule has 2 atom stereocenters. The molecule has 1 aliphatic rings. The zero-order valence-corrected chi connectivity index (χ0v) is 13.9. The van der Waals surface area contributed by atoms with Crippen LogP contribution in [-0.2, 0) is 11.3 Å². The molecular formula is C17H27N3O2. The van der Waals surface area contributed by atoms with Gasteiger partial charge in [0, 0.05) is 31.9 Å². The number of rotatable bonds is 5. The van der Waals surface area contributed by atoms with Gasteiger partial charge in [0.15, 0.2) is 0 Å². The third kappa shape index (κ3) is 4.19. The molecule has 1 aromatic heterocycles. The fourth-order valence-electron chi connectivity index (χ4n) is 3.09. The normalized spacial score (nSPS) is 21.7. The number of hydrogen-bond donors (Lipinski definition) is 0. The van der Waals surface area contributed by atoms with Crippen LogP contribution >= 0.6 is 0 Å². The minimum atomic E-state index is 0.0994. The van der Waals surface area contributed by atoms with Crippen molar-refractivity contribution < 1.29 is 9.53 Å². The number of piperidine rings is 1. The summed E-state index contributed by atoms with van der Waals surface area (Å²) >= 11 is 0. The second-order valence-electron chi connectivity index (χ2n) is 6.05. The van der Waals surface area contributed by atoms with E-state index in [1.165, 1.54) is 6.42 Å². The Balaban J connectivity index is 2.11. The molecule has 1 saturated heterocycles. The lowest BCUT2D eigenvalue weighted by atomic mass is 9.98. The van der Waals surface area contributed by atoms with Gasteiger partial charge in [-0.2, -0.15) is 0 Å². The van der Waals surface area contributed by atoms with E-state index in [0.29, 0.717) is 31.8 Å². The van der Waals surface area contributed by atoms with Crippen molar-refractivity contribution in [2.45, 2.75) is 51.7 Å². The number of ether oxygens (including phenoxy) is 1. The summed E-state index contributed by atoms with van der Waals surface area (Å²) in [5.41, 5.74) is 0.907. The largest absolute Gasteiger partial charge is 0.383 e. The van der Waals surface area contributed by atoms with Gasteiger partial charge in [-0.05, 0) is 45.2 Å². The number of likely N-dealkylation sites (tertiary alicyclic amines) is 1. The van der Waals surface area contributed by atoms with Crippen LogP contribution in [0, 0.1) is 0 Å². The van der Waals surface area contributed by atoms with Gasteiger partial charge in [-0.3, -0.25) is 4.98 Å². The monoisotopic (exact) mass is 305 g/mol. The predicted octanol–water partition coefficient (Wildman–Crippen LogP) is 2.91. The quantitative estimate of drug-likeness (QED) is 0.840. The zero-order chi connectivity index (χ0) is 15.9. The highest BCUT2D eigenvalue weighted by Crippen LogP contribution is 2.24. The molecule has 1 aliphatic heterocycles. The topological polar surface area (TPSA) is 45.7 Å². The summed E-state index contributed by atoms with van der Waals surface area (Å²) in [6.45, 7) is 5.93. The molecule has 1 fully saturated rings. The Morgan fingerprint density at radius 1 is 1.36 bits per heavy atom. The first-order valence-corrected chi connectivity index (χ1v) is 8.09. The van der Waals surface area contributed by atoms with Crippen molar-refractivity contribution in [2.24, 2.45) is 0 Å². The van der Waals surface area contributed by atoms with E-state index in [0.717, 1.165) is 18.5 Å². The molecule has 0 spiro atoms. The maximum Gasteiger partial charge on any atom is 0.320 e. The summed E-state index contributed by atoms with van der Waals surface area (Å²) in [4.78, 5) is 21.2. The van der Waals surface area contributed by atoms with Gasteiger partial charge >= 0.3 is 6.03 Å². The van der Waals surface area contributed by atoms with Gasteiger partial charge in [0.05, 0.1) is 18.8 Å². The van der Waals surface area contributed by atoms with Crippen molar-refractivity contribution in [1.82, 2.24) is 14.8 Å². The summed E-state index contributed by atoms with van der Waals surface area (Å²) in [7, 11) is 1.66. The van der Waals surface area contributed by atoms with E-state index in [1.807, 2.05) is 28.0 Å². The molecule has 5 nitrogen and oxygen atoms in total. The van der Waals surface area contributed by atoms with Crippen LogP contribution in [0.2, 0.25) is 0 Å². The van der Waals surface area contributed by atoms with Gasteiger partial charge in [0.1, 0.15) is 0 Å². The van der Waals surface area contributed by atoms with Crippen molar-refractivity contribution in [3.8, 4) is 0 Å². The number of nitrogens with zero attached hydrogens (tertiary/aromatic N) is 3. The van der Waals surface area contributed by atoms with Gasteiger partial charge in [-0.1, -0.05) is 6.07 Å². The molecule has 2 heterocycles. The van der Waals surface area contributed by atoms with Crippen molar-refractivity contribution in [3.63, 3.8) is 0 Å². The molecule has 0 unspecified atom stereocenters. The minimum Gasteiger partial charge on any atom is -0.383 e. The third-order valence-corrected chi connectivity index (χ3v) is 4.33. The molecule has 2 rings (SSSR count).